The van der Waals surface area contributed by atoms with E-state index in [0.29, 0.717) is 27.6 Å². The lowest BCUT2D eigenvalue weighted by Gasteiger charge is -2.02. The third-order valence-electron chi connectivity index (χ3n) is 2.96. The second kappa shape index (κ2) is 6.33. The van der Waals surface area contributed by atoms with Gasteiger partial charge >= 0.3 is 0 Å². The lowest BCUT2D eigenvalue weighted by atomic mass is 10.2. The van der Waals surface area contributed by atoms with Crippen LogP contribution in [0.3, 0.4) is 0 Å². The normalized spacial score (nSPS) is 10.6. The molecular weight excluding hydrogens is 370 g/mol. The Bertz CT molecular complexity index is 799. The van der Waals surface area contributed by atoms with Crippen LogP contribution in [0.25, 0.3) is 0 Å². The molecule has 2 aromatic heterocycles. The zero-order valence-electron chi connectivity index (χ0n) is 11.3. The molecule has 0 spiro atoms. The van der Waals surface area contributed by atoms with Crippen molar-refractivity contribution >= 4 is 39.3 Å². The number of nitrogens with one attached hydrogen (secondary N) is 2. The Hall–Kier alpha value is -2.12. The maximum Gasteiger partial charge on any atom is 0.276 e. The minimum absolute atomic E-state index is 0.309. The van der Waals surface area contributed by atoms with E-state index in [4.69, 9.17) is 11.6 Å². The van der Waals surface area contributed by atoms with Crippen molar-refractivity contribution in [2.75, 3.05) is 5.32 Å². The molecule has 0 aliphatic rings. The van der Waals surface area contributed by atoms with Gasteiger partial charge in [-0.15, -0.1) is 0 Å². The Kier molecular flexibility index (Phi) is 4.26. The highest BCUT2D eigenvalue weighted by atomic mass is 79.9. The number of rotatable bonds is 4. The smallest absolute Gasteiger partial charge is 0.276 e. The van der Waals surface area contributed by atoms with Crippen molar-refractivity contribution in [3.63, 3.8) is 0 Å². The third-order valence-corrected chi connectivity index (χ3v) is 3.83. The molecular formula is C14H11BrClN5O. The number of halogens is 2. The molecule has 0 aliphatic heterocycles. The summed E-state index contributed by atoms with van der Waals surface area (Å²) in [6.45, 7) is 0.574. The van der Waals surface area contributed by atoms with E-state index in [1.807, 2.05) is 30.3 Å². The van der Waals surface area contributed by atoms with Crippen LogP contribution in [-0.2, 0) is 6.54 Å². The molecule has 0 fully saturated rings. The van der Waals surface area contributed by atoms with E-state index in [-0.39, 0.29) is 5.91 Å². The van der Waals surface area contributed by atoms with Crippen LogP contribution in [0, 0.1) is 0 Å². The molecule has 6 nitrogen and oxygen atoms in total. The summed E-state index contributed by atoms with van der Waals surface area (Å²) in [6, 6.07) is 9.86. The molecule has 0 bridgehead atoms. The Morgan fingerprint density at radius 1 is 1.36 bits per heavy atom. The third kappa shape index (κ3) is 3.20. The molecule has 3 rings (SSSR count). The largest absolute Gasteiger partial charge is 0.302 e. The Labute approximate surface area is 139 Å². The van der Waals surface area contributed by atoms with Gasteiger partial charge in [0, 0.05) is 6.20 Å². The van der Waals surface area contributed by atoms with Crippen LogP contribution >= 0.6 is 27.5 Å². The Morgan fingerprint density at radius 3 is 2.82 bits per heavy atom. The van der Waals surface area contributed by atoms with Gasteiger partial charge in [-0.2, -0.15) is 10.2 Å². The van der Waals surface area contributed by atoms with E-state index in [0.717, 1.165) is 5.56 Å². The van der Waals surface area contributed by atoms with Crippen LogP contribution in [0.5, 0.6) is 0 Å². The van der Waals surface area contributed by atoms with Crippen molar-refractivity contribution in [1.82, 2.24) is 20.0 Å². The predicted octanol–water partition coefficient (Wildman–Crippen LogP) is 3.32. The van der Waals surface area contributed by atoms with Crippen molar-refractivity contribution in [1.29, 1.82) is 0 Å². The van der Waals surface area contributed by atoms with E-state index in [1.54, 1.807) is 10.9 Å². The van der Waals surface area contributed by atoms with E-state index in [1.165, 1.54) is 6.20 Å². The second-order valence-electron chi connectivity index (χ2n) is 4.56. The molecule has 0 unspecified atom stereocenters. The fourth-order valence-corrected chi connectivity index (χ4v) is 2.50. The van der Waals surface area contributed by atoms with E-state index < -0.39 is 0 Å². The zero-order chi connectivity index (χ0) is 15.5. The van der Waals surface area contributed by atoms with Crippen molar-refractivity contribution in [3.8, 4) is 0 Å². The van der Waals surface area contributed by atoms with Crippen LogP contribution in [0.2, 0.25) is 5.02 Å². The van der Waals surface area contributed by atoms with Crippen LogP contribution in [0.15, 0.2) is 47.2 Å². The number of hydrogen-bond acceptors (Lipinski definition) is 3. The van der Waals surface area contributed by atoms with E-state index in [9.17, 15) is 4.79 Å². The second-order valence-corrected chi connectivity index (χ2v) is 5.82. The molecule has 8 heteroatoms. The van der Waals surface area contributed by atoms with Gasteiger partial charge in [0.05, 0.1) is 17.2 Å². The quantitative estimate of drug-likeness (QED) is 0.729. The first-order valence-electron chi connectivity index (χ1n) is 6.40. The number of aromatic nitrogens is 4. The van der Waals surface area contributed by atoms with Crippen molar-refractivity contribution in [2.45, 2.75) is 6.54 Å². The summed E-state index contributed by atoms with van der Waals surface area (Å²) in [5.41, 5.74) is 1.41. The number of benzene rings is 1. The SMILES string of the molecule is O=C(Nc1nn(Cc2ccccc2)cc1Cl)c1[nH]ncc1Br. The van der Waals surface area contributed by atoms with Crippen molar-refractivity contribution in [2.24, 2.45) is 0 Å². The topological polar surface area (TPSA) is 75.6 Å². The van der Waals surface area contributed by atoms with Gasteiger partial charge in [0.1, 0.15) is 10.7 Å². The number of aromatic amines is 1. The minimum Gasteiger partial charge on any atom is -0.302 e. The number of H-pyrrole nitrogens is 1. The fraction of sp³-hybridized carbons (Fsp3) is 0.0714. The molecule has 0 aliphatic carbocycles. The highest BCUT2D eigenvalue weighted by molar-refractivity contribution is 9.10. The van der Waals surface area contributed by atoms with Gasteiger partial charge in [-0.1, -0.05) is 41.9 Å². The molecule has 0 radical (unpaired) electrons. The monoisotopic (exact) mass is 379 g/mol. The van der Waals surface area contributed by atoms with E-state index in [2.05, 4.69) is 36.5 Å². The standard InChI is InChI=1S/C14H11BrClN5O/c15-10-6-17-19-12(10)14(22)18-13-11(16)8-21(20-13)7-9-4-2-1-3-5-9/h1-6,8H,7H2,(H,17,19)(H,18,20,22). The van der Waals surface area contributed by atoms with Gasteiger partial charge in [-0.3, -0.25) is 14.6 Å². The highest BCUT2D eigenvalue weighted by Gasteiger charge is 2.16. The van der Waals surface area contributed by atoms with Gasteiger partial charge in [0.15, 0.2) is 5.82 Å². The highest BCUT2D eigenvalue weighted by Crippen LogP contribution is 2.22. The van der Waals surface area contributed by atoms with Crippen LogP contribution < -0.4 is 5.32 Å². The summed E-state index contributed by atoms with van der Waals surface area (Å²) >= 11 is 9.36. The first kappa shape index (κ1) is 14.8. The number of carbonyl (C=O) groups is 1. The first-order valence-corrected chi connectivity index (χ1v) is 7.57. The average molecular weight is 381 g/mol. The molecule has 0 atom stereocenters. The zero-order valence-corrected chi connectivity index (χ0v) is 13.6. The van der Waals surface area contributed by atoms with Gasteiger partial charge in [0.2, 0.25) is 0 Å². The Balaban J connectivity index is 1.75. The van der Waals surface area contributed by atoms with Crippen LogP contribution in [0.4, 0.5) is 5.82 Å². The lowest BCUT2D eigenvalue weighted by molar-refractivity contribution is 0.102. The predicted molar refractivity (Wildman–Crippen MR) is 87.0 cm³/mol. The number of anilines is 1. The average Bonchev–Trinajstić information content (AvgIpc) is 3.06. The summed E-state index contributed by atoms with van der Waals surface area (Å²) in [4.78, 5) is 12.1. The minimum atomic E-state index is -0.365. The number of carbonyl (C=O) groups excluding carboxylic acids is 1. The number of nitrogens with zero attached hydrogens (tertiary/aromatic N) is 3. The Morgan fingerprint density at radius 2 is 2.14 bits per heavy atom. The summed E-state index contributed by atoms with van der Waals surface area (Å²) in [7, 11) is 0. The molecule has 3 aromatic rings. The van der Waals surface area contributed by atoms with Crippen LogP contribution in [0.1, 0.15) is 16.1 Å². The molecule has 22 heavy (non-hydrogen) atoms. The van der Waals surface area contributed by atoms with Crippen LogP contribution in [-0.4, -0.2) is 25.9 Å². The first-order chi connectivity index (χ1) is 10.6. The molecule has 112 valence electrons. The van der Waals surface area contributed by atoms with Gasteiger partial charge < -0.3 is 5.32 Å². The molecule has 0 saturated carbocycles. The number of amides is 1. The summed E-state index contributed by atoms with van der Waals surface area (Å²) in [5.74, 6) is -0.0552. The maximum atomic E-state index is 12.1. The molecule has 0 saturated heterocycles. The summed E-state index contributed by atoms with van der Waals surface area (Å²) < 4.78 is 2.25. The lowest BCUT2D eigenvalue weighted by Crippen LogP contribution is -2.14. The summed E-state index contributed by atoms with van der Waals surface area (Å²) in [5, 5.41) is 13.7. The maximum absolute atomic E-state index is 12.1. The fourth-order valence-electron chi connectivity index (χ4n) is 1.93. The molecule has 1 amide bonds. The van der Waals surface area contributed by atoms with Crippen molar-refractivity contribution < 1.29 is 4.79 Å². The molecule has 1 aromatic carbocycles. The van der Waals surface area contributed by atoms with Gasteiger partial charge in [-0.05, 0) is 21.5 Å². The number of hydrogen-bond donors (Lipinski definition) is 2. The molecule has 2 N–H and O–H groups in total. The van der Waals surface area contributed by atoms with Gasteiger partial charge in [-0.25, -0.2) is 0 Å². The molecule has 2 heterocycles. The van der Waals surface area contributed by atoms with E-state index >= 15 is 0 Å². The van der Waals surface area contributed by atoms with Gasteiger partial charge in [0.25, 0.3) is 5.91 Å². The summed E-state index contributed by atoms with van der Waals surface area (Å²) in [6.07, 6.45) is 3.18. The van der Waals surface area contributed by atoms with Crippen molar-refractivity contribution in [3.05, 3.63) is 63.5 Å².